The van der Waals surface area contributed by atoms with Gasteiger partial charge in [-0.25, -0.2) is 0 Å². The molecule has 0 spiro atoms. The van der Waals surface area contributed by atoms with Crippen molar-refractivity contribution in [3.8, 4) is 12.8 Å². The summed E-state index contributed by atoms with van der Waals surface area (Å²) in [5.74, 6) is 0. The average Bonchev–Trinajstić information content (AvgIpc) is 2.91. The van der Waals surface area contributed by atoms with Gasteiger partial charge in [0, 0.05) is 25.3 Å². The van der Waals surface area contributed by atoms with Crippen LogP contribution >= 0.6 is 0 Å². The Bertz CT molecular complexity index is 1070. The van der Waals surface area contributed by atoms with E-state index in [2.05, 4.69) is 113 Å². The normalized spacial score (nSPS) is 10.2. The lowest BCUT2D eigenvalue weighted by molar-refractivity contribution is 0.282. The molecule has 0 aliphatic carbocycles. The first-order chi connectivity index (χ1) is 17.3. The van der Waals surface area contributed by atoms with Gasteiger partial charge in [-0.2, -0.15) is 0 Å². The molecular formula is C34H46NO+. The van der Waals surface area contributed by atoms with Crippen LogP contribution in [0.1, 0.15) is 60.6 Å². The van der Waals surface area contributed by atoms with Crippen LogP contribution in [0.15, 0.2) is 78.9 Å². The summed E-state index contributed by atoms with van der Waals surface area (Å²) in [5, 5.41) is 7.01. The van der Waals surface area contributed by atoms with Crippen molar-refractivity contribution in [2.24, 2.45) is 0 Å². The Morgan fingerprint density at radius 3 is 1.92 bits per heavy atom. The molecule has 0 fully saturated rings. The highest BCUT2D eigenvalue weighted by molar-refractivity contribution is 5.65. The van der Waals surface area contributed by atoms with Crippen molar-refractivity contribution in [2.75, 3.05) is 19.0 Å². The van der Waals surface area contributed by atoms with Gasteiger partial charge in [0.2, 0.25) is 0 Å². The van der Waals surface area contributed by atoms with Gasteiger partial charge in [0.1, 0.15) is 0 Å². The van der Waals surface area contributed by atoms with Crippen molar-refractivity contribution in [1.82, 2.24) is 0 Å². The van der Waals surface area contributed by atoms with Gasteiger partial charge in [0.15, 0.2) is 6.61 Å². The third-order valence-corrected chi connectivity index (χ3v) is 5.57. The number of terminal acetylenes is 1. The first kappa shape index (κ1) is 32.5. The first-order valence-electron chi connectivity index (χ1n) is 12.5. The number of allylic oxidation sites excluding steroid dienone is 3. The average molecular weight is 485 g/mol. The van der Waals surface area contributed by atoms with Gasteiger partial charge in [-0.3, -0.25) is 0 Å². The van der Waals surface area contributed by atoms with E-state index in [1.54, 1.807) is 0 Å². The second-order valence-corrected chi connectivity index (χ2v) is 8.47. The Hall–Kier alpha value is -3.54. The van der Waals surface area contributed by atoms with Crippen molar-refractivity contribution in [3.05, 3.63) is 112 Å². The van der Waals surface area contributed by atoms with Crippen LogP contribution in [0, 0.1) is 33.6 Å². The van der Waals surface area contributed by atoms with Gasteiger partial charge >= 0.3 is 0 Å². The highest BCUT2D eigenvalue weighted by atomic mass is 16.3. The SMILES string of the molecule is C#C.C/C(=C\C/C=C/c1ccc(N(C)C)cc1)c1ccc(C)c(C)c1.CC.Cc1ccc(C[OH2+])cc1. The Labute approximate surface area is 221 Å². The number of nitrogens with zero attached hydrogens (tertiary/aromatic N) is 1. The molecule has 192 valence electrons. The number of aryl methyl sites for hydroxylation is 3. The summed E-state index contributed by atoms with van der Waals surface area (Å²) < 4.78 is 0. The van der Waals surface area contributed by atoms with Gasteiger partial charge < -0.3 is 10.0 Å². The van der Waals surface area contributed by atoms with E-state index in [1.807, 2.05) is 45.0 Å². The van der Waals surface area contributed by atoms with Crippen molar-refractivity contribution >= 4 is 17.3 Å². The summed E-state index contributed by atoms with van der Waals surface area (Å²) in [5.41, 5.74) is 10.2. The van der Waals surface area contributed by atoms with Gasteiger partial charge in [-0.05, 0) is 74.1 Å². The van der Waals surface area contributed by atoms with E-state index in [0.717, 1.165) is 12.0 Å². The fraction of sp³-hybridized carbons (Fsp3) is 0.294. The zero-order chi connectivity index (χ0) is 27.5. The van der Waals surface area contributed by atoms with E-state index in [9.17, 15) is 0 Å². The van der Waals surface area contributed by atoms with E-state index in [4.69, 9.17) is 5.11 Å². The monoisotopic (exact) mass is 484 g/mol. The molecule has 2 nitrogen and oxygen atoms in total. The third-order valence-electron chi connectivity index (χ3n) is 5.57. The molecule has 2 heteroatoms. The second kappa shape index (κ2) is 18.7. The number of rotatable bonds is 6. The summed E-state index contributed by atoms with van der Waals surface area (Å²) in [7, 11) is 4.12. The molecule has 0 unspecified atom stereocenters. The lowest BCUT2D eigenvalue weighted by Gasteiger charge is -2.11. The number of anilines is 1. The number of hydrogen-bond acceptors (Lipinski definition) is 1. The summed E-state index contributed by atoms with van der Waals surface area (Å²) in [6, 6.07) is 23.3. The molecule has 0 bridgehead atoms. The van der Waals surface area contributed by atoms with Crippen molar-refractivity contribution in [3.63, 3.8) is 0 Å². The second-order valence-electron chi connectivity index (χ2n) is 8.47. The van der Waals surface area contributed by atoms with E-state index < -0.39 is 0 Å². The van der Waals surface area contributed by atoms with Crippen LogP contribution < -0.4 is 4.90 Å². The summed E-state index contributed by atoms with van der Waals surface area (Å²) >= 11 is 0. The predicted octanol–water partition coefficient (Wildman–Crippen LogP) is 8.37. The topological polar surface area (TPSA) is 26.1 Å². The molecular weight excluding hydrogens is 438 g/mol. The molecule has 0 aromatic heterocycles. The first-order valence-corrected chi connectivity index (χ1v) is 12.5. The molecule has 2 N–H and O–H groups in total. The molecule has 0 radical (unpaired) electrons. The van der Waals surface area contributed by atoms with Crippen LogP contribution in [0.25, 0.3) is 11.6 Å². The maximum atomic E-state index is 7.01. The van der Waals surface area contributed by atoms with E-state index in [1.165, 1.54) is 39.1 Å². The quantitative estimate of drug-likeness (QED) is 0.255. The van der Waals surface area contributed by atoms with Crippen LogP contribution in [-0.4, -0.2) is 19.2 Å². The summed E-state index contributed by atoms with van der Waals surface area (Å²) in [6.45, 7) is 12.9. The zero-order valence-corrected chi connectivity index (χ0v) is 23.6. The maximum Gasteiger partial charge on any atom is 0.169 e. The molecule has 0 atom stereocenters. The zero-order valence-electron chi connectivity index (χ0n) is 23.6. The Balaban J connectivity index is 0.000000783. The Morgan fingerprint density at radius 2 is 1.42 bits per heavy atom. The minimum Gasteiger partial charge on any atom is -0.442 e. The third kappa shape index (κ3) is 12.2. The smallest absolute Gasteiger partial charge is 0.169 e. The Morgan fingerprint density at radius 1 is 0.833 bits per heavy atom. The molecule has 0 saturated heterocycles. The van der Waals surface area contributed by atoms with E-state index in [-0.39, 0.29) is 0 Å². The number of benzene rings is 3. The minimum absolute atomic E-state index is 0.389. The fourth-order valence-electron chi connectivity index (χ4n) is 3.14. The maximum absolute atomic E-state index is 7.01. The molecule has 0 heterocycles. The number of hydrogen-bond donors (Lipinski definition) is 0. The molecule has 0 aliphatic rings. The Kier molecular flexibility index (Phi) is 16.9. The highest BCUT2D eigenvalue weighted by Gasteiger charge is 1.98. The molecule has 0 amide bonds. The lowest BCUT2D eigenvalue weighted by Crippen LogP contribution is -2.07. The van der Waals surface area contributed by atoms with Gasteiger partial charge in [0.25, 0.3) is 0 Å². The van der Waals surface area contributed by atoms with Crippen molar-refractivity contribution in [2.45, 2.75) is 54.6 Å². The molecule has 3 aromatic carbocycles. The van der Waals surface area contributed by atoms with E-state index >= 15 is 0 Å². The van der Waals surface area contributed by atoms with Gasteiger partial charge in [0.05, 0.1) is 0 Å². The molecule has 0 aliphatic heterocycles. The molecule has 0 saturated carbocycles. The molecule has 36 heavy (non-hydrogen) atoms. The highest BCUT2D eigenvalue weighted by Crippen LogP contribution is 2.19. The summed E-state index contributed by atoms with van der Waals surface area (Å²) in [6.07, 6.45) is 15.6. The van der Waals surface area contributed by atoms with Crippen LogP contribution in [0.2, 0.25) is 0 Å². The lowest BCUT2D eigenvalue weighted by atomic mass is 10.0. The minimum atomic E-state index is 0.389. The van der Waals surface area contributed by atoms with Gasteiger partial charge in [-0.15, -0.1) is 12.8 Å². The van der Waals surface area contributed by atoms with E-state index in [0.29, 0.717) is 6.61 Å². The van der Waals surface area contributed by atoms with Crippen molar-refractivity contribution < 1.29 is 5.11 Å². The van der Waals surface area contributed by atoms with Crippen molar-refractivity contribution in [1.29, 1.82) is 0 Å². The van der Waals surface area contributed by atoms with Crippen LogP contribution in [-0.2, 0) is 6.61 Å². The fourth-order valence-corrected chi connectivity index (χ4v) is 3.14. The summed E-state index contributed by atoms with van der Waals surface area (Å²) in [4.78, 5) is 2.11. The van der Waals surface area contributed by atoms with Crippen LogP contribution in [0.5, 0.6) is 0 Å². The molecule has 3 rings (SSSR count). The van der Waals surface area contributed by atoms with Crippen LogP contribution in [0.4, 0.5) is 5.69 Å². The van der Waals surface area contributed by atoms with Crippen LogP contribution in [0.3, 0.4) is 0 Å². The standard InChI is InChI=1S/C22H27N.C8H10O.C2H6.C2H2/c1-17-10-13-21(16-19(17)3)18(2)8-6-7-9-20-11-14-22(15-12-20)23(4)5;1-7-2-4-8(6-9)5-3-7;2*1-2/h7-16H,6H2,1-5H3;2-5,9H,6H2,1H3;1-2H3;1-2H/p+1/b9-7+,18-8+;;;. The molecule has 3 aromatic rings. The van der Waals surface area contributed by atoms with Gasteiger partial charge in [-0.1, -0.05) is 92.2 Å². The largest absolute Gasteiger partial charge is 0.442 e. The predicted molar refractivity (Wildman–Crippen MR) is 164 cm³/mol.